The van der Waals surface area contributed by atoms with Gasteiger partial charge in [-0.1, -0.05) is 41.5 Å². The molecule has 0 spiro atoms. The largest absolute Gasteiger partial charge is 0.343 e. The average Bonchev–Trinajstić information content (AvgIpc) is 2.45. The van der Waals surface area contributed by atoms with Crippen molar-refractivity contribution in [2.45, 2.75) is 54.0 Å². The zero-order chi connectivity index (χ0) is 20.2. The molecule has 0 fully saturated rings. The molecule has 0 radical (unpaired) electrons. The lowest BCUT2D eigenvalue weighted by Crippen LogP contribution is -2.53. The summed E-state index contributed by atoms with van der Waals surface area (Å²) in [6, 6.07) is -0.773. The van der Waals surface area contributed by atoms with Gasteiger partial charge in [-0.15, -0.1) is 0 Å². The van der Waals surface area contributed by atoms with Crippen molar-refractivity contribution in [1.82, 2.24) is 14.7 Å². The van der Waals surface area contributed by atoms with Gasteiger partial charge in [0.25, 0.3) is 0 Å². The molecule has 0 saturated heterocycles. The van der Waals surface area contributed by atoms with Gasteiger partial charge in [0.15, 0.2) is 0 Å². The zero-order valence-corrected chi connectivity index (χ0v) is 17.8. The Labute approximate surface area is 153 Å². The van der Waals surface area contributed by atoms with E-state index in [-0.39, 0.29) is 24.0 Å². The molecular weight excluding hydrogens is 318 g/mol. The predicted molar refractivity (Wildman–Crippen MR) is 101 cm³/mol. The standard InChI is InChI=1S/C19H37N3O3/c1-18(2,3)15(23)13-14(22(10)17(25)19(4,5)6)16(24)21(9)12-11-20(7)8/h14H,11-13H2,1-10H3. The third-order valence-electron chi connectivity index (χ3n) is 4.19. The first-order valence-corrected chi connectivity index (χ1v) is 8.79. The predicted octanol–water partition coefficient (Wildman–Crippen LogP) is 1.88. The van der Waals surface area contributed by atoms with Gasteiger partial charge in [-0.2, -0.15) is 0 Å². The van der Waals surface area contributed by atoms with Crippen molar-refractivity contribution < 1.29 is 14.4 Å². The zero-order valence-electron chi connectivity index (χ0n) is 17.8. The molecule has 0 N–H and O–H groups in total. The Morgan fingerprint density at radius 1 is 0.800 bits per heavy atom. The molecule has 1 unspecified atom stereocenters. The number of nitrogens with zero attached hydrogens (tertiary/aromatic N) is 3. The number of amides is 2. The summed E-state index contributed by atoms with van der Waals surface area (Å²) in [4.78, 5) is 43.2. The highest BCUT2D eigenvalue weighted by molar-refractivity contribution is 5.94. The summed E-state index contributed by atoms with van der Waals surface area (Å²) in [6.07, 6.45) is 0.0347. The van der Waals surface area contributed by atoms with Gasteiger partial charge < -0.3 is 14.7 Å². The van der Waals surface area contributed by atoms with Crippen LogP contribution in [0.1, 0.15) is 48.0 Å². The maximum absolute atomic E-state index is 13.0. The van der Waals surface area contributed by atoms with Gasteiger partial charge in [-0.3, -0.25) is 14.4 Å². The van der Waals surface area contributed by atoms with Crippen molar-refractivity contribution in [1.29, 1.82) is 0 Å². The highest BCUT2D eigenvalue weighted by atomic mass is 16.2. The maximum atomic E-state index is 13.0. The molecule has 2 amide bonds. The van der Waals surface area contributed by atoms with E-state index in [1.807, 2.05) is 60.5 Å². The van der Waals surface area contributed by atoms with Gasteiger partial charge in [-0.25, -0.2) is 0 Å². The first kappa shape index (κ1) is 23.6. The third-order valence-corrected chi connectivity index (χ3v) is 4.19. The highest BCUT2D eigenvalue weighted by Gasteiger charge is 2.37. The van der Waals surface area contributed by atoms with E-state index in [9.17, 15) is 14.4 Å². The van der Waals surface area contributed by atoms with Crippen molar-refractivity contribution in [2.24, 2.45) is 10.8 Å². The van der Waals surface area contributed by atoms with Crippen LogP contribution in [0.3, 0.4) is 0 Å². The molecule has 0 aliphatic rings. The molecule has 6 heteroatoms. The van der Waals surface area contributed by atoms with Gasteiger partial charge in [0.1, 0.15) is 11.8 Å². The molecule has 0 aliphatic carbocycles. The molecule has 0 aromatic heterocycles. The Bertz CT molecular complexity index is 487. The normalized spacial score (nSPS) is 13.6. The van der Waals surface area contributed by atoms with Crippen LogP contribution in [0.15, 0.2) is 0 Å². The van der Waals surface area contributed by atoms with Gasteiger partial charge in [0, 0.05) is 44.4 Å². The van der Waals surface area contributed by atoms with Crippen LogP contribution in [-0.2, 0) is 14.4 Å². The summed E-state index contributed by atoms with van der Waals surface area (Å²) in [5, 5.41) is 0. The first-order chi connectivity index (χ1) is 11.1. The van der Waals surface area contributed by atoms with E-state index in [4.69, 9.17) is 0 Å². The van der Waals surface area contributed by atoms with Gasteiger partial charge >= 0.3 is 0 Å². The summed E-state index contributed by atoms with van der Waals surface area (Å²) in [5.74, 6) is -0.367. The van der Waals surface area contributed by atoms with Crippen molar-refractivity contribution in [2.75, 3.05) is 41.3 Å². The third kappa shape index (κ3) is 7.55. The van der Waals surface area contributed by atoms with E-state index in [0.29, 0.717) is 6.54 Å². The minimum atomic E-state index is -0.773. The smallest absolute Gasteiger partial charge is 0.245 e. The van der Waals surface area contributed by atoms with Crippen LogP contribution in [0.5, 0.6) is 0 Å². The van der Waals surface area contributed by atoms with Crippen molar-refractivity contribution in [3.8, 4) is 0 Å². The van der Waals surface area contributed by atoms with Crippen LogP contribution in [-0.4, -0.2) is 79.6 Å². The van der Waals surface area contributed by atoms with E-state index in [0.717, 1.165) is 6.54 Å². The average molecular weight is 356 g/mol. The van der Waals surface area contributed by atoms with E-state index in [2.05, 4.69) is 0 Å². The van der Waals surface area contributed by atoms with Crippen LogP contribution in [0.2, 0.25) is 0 Å². The number of carbonyl (C=O) groups excluding carboxylic acids is 3. The monoisotopic (exact) mass is 355 g/mol. The lowest BCUT2D eigenvalue weighted by molar-refractivity contribution is -0.150. The minimum Gasteiger partial charge on any atom is -0.343 e. The molecule has 0 aromatic carbocycles. The van der Waals surface area contributed by atoms with Crippen molar-refractivity contribution in [3.63, 3.8) is 0 Å². The van der Waals surface area contributed by atoms with Crippen LogP contribution in [0, 0.1) is 10.8 Å². The Kier molecular flexibility index (Phi) is 8.28. The van der Waals surface area contributed by atoms with E-state index in [1.165, 1.54) is 4.90 Å². The fourth-order valence-corrected chi connectivity index (χ4v) is 2.26. The summed E-state index contributed by atoms with van der Waals surface area (Å²) >= 11 is 0. The van der Waals surface area contributed by atoms with E-state index >= 15 is 0 Å². The Morgan fingerprint density at radius 2 is 1.28 bits per heavy atom. The molecule has 6 nitrogen and oxygen atoms in total. The maximum Gasteiger partial charge on any atom is 0.245 e. The first-order valence-electron chi connectivity index (χ1n) is 8.79. The molecule has 0 aliphatic heterocycles. The van der Waals surface area contributed by atoms with Gasteiger partial charge in [0.2, 0.25) is 11.8 Å². The van der Waals surface area contributed by atoms with Crippen LogP contribution in [0.4, 0.5) is 0 Å². The molecule has 25 heavy (non-hydrogen) atoms. The molecule has 0 saturated carbocycles. The number of hydrogen-bond acceptors (Lipinski definition) is 4. The summed E-state index contributed by atoms with van der Waals surface area (Å²) in [5.41, 5.74) is -1.16. The van der Waals surface area contributed by atoms with Crippen LogP contribution in [0.25, 0.3) is 0 Å². The molecule has 0 heterocycles. The number of carbonyl (C=O) groups is 3. The molecule has 0 bridgehead atoms. The SMILES string of the molecule is CN(C)CCN(C)C(=O)C(CC(=O)C(C)(C)C)N(C)C(=O)C(C)(C)C. The topological polar surface area (TPSA) is 60.9 Å². The molecule has 0 rings (SSSR count). The van der Waals surface area contributed by atoms with Crippen molar-refractivity contribution >= 4 is 17.6 Å². The summed E-state index contributed by atoms with van der Waals surface area (Å²) < 4.78 is 0. The Hall–Kier alpha value is -1.43. The Balaban J connectivity index is 5.49. The quantitative estimate of drug-likeness (QED) is 0.700. The lowest BCUT2D eigenvalue weighted by atomic mass is 9.86. The summed E-state index contributed by atoms with van der Waals surface area (Å²) in [7, 11) is 7.21. The lowest BCUT2D eigenvalue weighted by Gasteiger charge is -2.35. The molecule has 0 aromatic rings. The van der Waals surface area contributed by atoms with E-state index < -0.39 is 16.9 Å². The summed E-state index contributed by atoms with van der Waals surface area (Å²) in [6.45, 7) is 12.2. The van der Waals surface area contributed by atoms with Gasteiger partial charge in [-0.05, 0) is 14.1 Å². The molecule has 1 atom stereocenters. The number of Topliss-reactive ketones (excluding diaryl/α,β-unsaturated/α-hetero) is 1. The second kappa shape index (κ2) is 8.79. The molecule has 146 valence electrons. The van der Waals surface area contributed by atoms with Crippen LogP contribution >= 0.6 is 0 Å². The number of hydrogen-bond donors (Lipinski definition) is 0. The van der Waals surface area contributed by atoms with Crippen LogP contribution < -0.4 is 0 Å². The minimum absolute atomic E-state index is 0.0274. The Morgan fingerprint density at radius 3 is 1.64 bits per heavy atom. The molecular formula is C19H37N3O3. The van der Waals surface area contributed by atoms with Crippen molar-refractivity contribution in [3.05, 3.63) is 0 Å². The number of likely N-dealkylation sites (N-methyl/N-ethyl adjacent to an activating group) is 3. The fraction of sp³-hybridized carbons (Fsp3) is 0.842. The van der Waals surface area contributed by atoms with Gasteiger partial charge in [0.05, 0.1) is 0 Å². The fourth-order valence-electron chi connectivity index (χ4n) is 2.26. The number of rotatable bonds is 7. The number of ketones is 1. The van der Waals surface area contributed by atoms with E-state index in [1.54, 1.807) is 19.0 Å². The second-order valence-electron chi connectivity index (χ2n) is 9.12. The second-order valence-corrected chi connectivity index (χ2v) is 9.12. The highest BCUT2D eigenvalue weighted by Crippen LogP contribution is 2.23.